The maximum Gasteiger partial charge on any atom is 0.129 e. The van der Waals surface area contributed by atoms with Crippen molar-refractivity contribution in [1.29, 1.82) is 0 Å². The maximum atomic E-state index is 10.6. The zero-order chi connectivity index (χ0) is 20.6. The normalized spacial score (nSPS) is 46.0. The van der Waals surface area contributed by atoms with Crippen LogP contribution in [-0.2, 0) is 4.84 Å². The molecule has 0 amide bonds. The average molecular weight is 403 g/mol. The van der Waals surface area contributed by atoms with Gasteiger partial charge in [-0.1, -0.05) is 24.6 Å². The van der Waals surface area contributed by atoms with Crippen molar-refractivity contribution in [1.82, 2.24) is 4.90 Å². The zero-order valence-electron chi connectivity index (χ0n) is 19.1. The van der Waals surface area contributed by atoms with Gasteiger partial charge in [-0.15, -0.1) is 0 Å². The largest absolute Gasteiger partial charge is 0.394 e. The lowest BCUT2D eigenvalue weighted by molar-refractivity contribution is -0.115. The molecule has 164 valence electrons. The first-order valence-corrected chi connectivity index (χ1v) is 12.0. The molecule has 0 saturated heterocycles. The van der Waals surface area contributed by atoms with Crippen LogP contribution in [0.4, 0.5) is 0 Å². The molecule has 0 aromatic carbocycles. The molecule has 0 heterocycles. The van der Waals surface area contributed by atoms with Gasteiger partial charge in [-0.25, -0.2) is 0 Å². The minimum Gasteiger partial charge on any atom is -0.394 e. The van der Waals surface area contributed by atoms with Gasteiger partial charge in [-0.2, -0.15) is 0 Å². The molecule has 4 aliphatic rings. The standard InChI is InChI=1S/C25H42N2O2/c1-24-12-9-18(11-14-26-29-16-15-27(3)4)17-19(24)5-6-20-21-7-8-23(28)25(21,2)13-10-22(20)24/h11,14,19-23,28H,5-10,12-13,15-17H2,1-4H3/b18-11+,26-14+/t19?,20?,21?,22?,23-,24-,25-/m0/s1. The summed E-state index contributed by atoms with van der Waals surface area (Å²) in [6.07, 6.45) is 15.4. The lowest BCUT2D eigenvalue weighted by Gasteiger charge is -2.60. The predicted molar refractivity (Wildman–Crippen MR) is 119 cm³/mol. The number of fused-ring (bicyclic) bond motifs is 5. The molecular formula is C25H42N2O2. The molecule has 1 N–H and O–H groups in total. The molecule has 4 saturated carbocycles. The van der Waals surface area contributed by atoms with Gasteiger partial charge in [0.25, 0.3) is 0 Å². The summed E-state index contributed by atoms with van der Waals surface area (Å²) < 4.78 is 0. The first kappa shape index (κ1) is 21.4. The Morgan fingerprint density at radius 1 is 1.07 bits per heavy atom. The molecule has 4 fully saturated rings. The third kappa shape index (κ3) is 3.92. The molecule has 4 aliphatic carbocycles. The van der Waals surface area contributed by atoms with Gasteiger partial charge in [0, 0.05) is 6.54 Å². The second-order valence-corrected chi connectivity index (χ2v) is 11.2. The van der Waals surface area contributed by atoms with Crippen LogP contribution in [0.3, 0.4) is 0 Å². The summed E-state index contributed by atoms with van der Waals surface area (Å²) in [6, 6.07) is 0. The minimum absolute atomic E-state index is 0.0564. The van der Waals surface area contributed by atoms with E-state index in [2.05, 4.69) is 30.0 Å². The Morgan fingerprint density at radius 2 is 1.86 bits per heavy atom. The van der Waals surface area contributed by atoms with Crippen molar-refractivity contribution in [3.05, 3.63) is 11.6 Å². The van der Waals surface area contributed by atoms with Crippen LogP contribution in [0.2, 0.25) is 0 Å². The van der Waals surface area contributed by atoms with Crippen LogP contribution in [0.25, 0.3) is 0 Å². The SMILES string of the molecule is CN(C)CCO/N=C/C=C1\CC[C@@]2(C)C(CCC3C2CC[C@@]2(C)C3CC[C@@H]2O)C1. The Balaban J connectivity index is 1.38. The fourth-order valence-electron chi connectivity index (χ4n) is 7.69. The molecule has 4 rings (SSSR count). The minimum atomic E-state index is -0.0564. The van der Waals surface area contributed by atoms with E-state index in [1.54, 1.807) is 5.57 Å². The van der Waals surface area contributed by atoms with Crippen LogP contribution in [0, 0.1) is 34.5 Å². The van der Waals surface area contributed by atoms with Crippen LogP contribution >= 0.6 is 0 Å². The van der Waals surface area contributed by atoms with Crippen LogP contribution < -0.4 is 0 Å². The summed E-state index contributed by atoms with van der Waals surface area (Å²) in [5.74, 6) is 3.30. The van der Waals surface area contributed by atoms with E-state index in [0.717, 1.165) is 36.6 Å². The molecular weight excluding hydrogens is 360 g/mol. The fraction of sp³-hybridized carbons (Fsp3) is 0.880. The Hall–Kier alpha value is -0.870. The van der Waals surface area contributed by atoms with Crippen molar-refractivity contribution in [2.45, 2.75) is 77.7 Å². The van der Waals surface area contributed by atoms with Crippen molar-refractivity contribution >= 4 is 6.21 Å². The summed E-state index contributed by atoms with van der Waals surface area (Å²) in [6.45, 7) is 6.54. The summed E-state index contributed by atoms with van der Waals surface area (Å²) in [7, 11) is 4.09. The maximum absolute atomic E-state index is 10.6. The van der Waals surface area contributed by atoms with E-state index in [-0.39, 0.29) is 11.5 Å². The molecule has 0 aromatic rings. The van der Waals surface area contributed by atoms with E-state index in [0.29, 0.717) is 12.0 Å². The van der Waals surface area contributed by atoms with Gasteiger partial charge in [0.15, 0.2) is 0 Å². The van der Waals surface area contributed by atoms with Crippen molar-refractivity contribution in [2.75, 3.05) is 27.2 Å². The quantitative estimate of drug-likeness (QED) is 0.405. The number of oxime groups is 1. The van der Waals surface area contributed by atoms with Crippen molar-refractivity contribution < 1.29 is 9.94 Å². The van der Waals surface area contributed by atoms with Crippen LogP contribution in [0.5, 0.6) is 0 Å². The number of aliphatic hydroxyl groups excluding tert-OH is 1. The molecule has 0 spiro atoms. The van der Waals surface area contributed by atoms with Gasteiger partial charge in [-0.05, 0) is 112 Å². The number of allylic oxidation sites excluding steroid dienone is 2. The molecule has 4 heteroatoms. The smallest absolute Gasteiger partial charge is 0.129 e. The van der Waals surface area contributed by atoms with Gasteiger partial charge in [0.2, 0.25) is 0 Å². The van der Waals surface area contributed by atoms with E-state index in [1.165, 1.54) is 51.4 Å². The molecule has 0 bridgehead atoms. The topological polar surface area (TPSA) is 45.1 Å². The molecule has 7 atom stereocenters. The molecule has 4 unspecified atom stereocenters. The van der Waals surface area contributed by atoms with E-state index in [1.807, 2.05) is 20.3 Å². The van der Waals surface area contributed by atoms with E-state index in [4.69, 9.17) is 4.84 Å². The van der Waals surface area contributed by atoms with E-state index >= 15 is 0 Å². The number of likely N-dealkylation sites (N-methyl/N-ethyl adjacent to an activating group) is 1. The highest BCUT2D eigenvalue weighted by atomic mass is 16.6. The number of rotatable bonds is 5. The molecule has 29 heavy (non-hydrogen) atoms. The number of aliphatic hydroxyl groups is 1. The Bertz CT molecular complexity index is 645. The monoisotopic (exact) mass is 402 g/mol. The summed E-state index contributed by atoms with van der Waals surface area (Å²) in [4.78, 5) is 7.46. The molecule has 0 aromatic heterocycles. The highest BCUT2D eigenvalue weighted by molar-refractivity contribution is 5.71. The van der Waals surface area contributed by atoms with Crippen LogP contribution in [-0.4, -0.2) is 49.6 Å². The first-order valence-electron chi connectivity index (χ1n) is 12.0. The van der Waals surface area contributed by atoms with Crippen LogP contribution in [0.15, 0.2) is 16.8 Å². The van der Waals surface area contributed by atoms with Crippen molar-refractivity contribution in [2.24, 2.45) is 39.7 Å². The van der Waals surface area contributed by atoms with Crippen molar-refractivity contribution in [3.8, 4) is 0 Å². The Kier molecular flexibility index (Phi) is 6.14. The summed E-state index contributed by atoms with van der Waals surface area (Å²) in [5.41, 5.74) is 2.25. The first-order chi connectivity index (χ1) is 13.8. The number of hydrogen-bond acceptors (Lipinski definition) is 4. The summed E-state index contributed by atoms with van der Waals surface area (Å²) in [5, 5.41) is 14.8. The van der Waals surface area contributed by atoms with Gasteiger partial charge < -0.3 is 14.8 Å². The predicted octanol–water partition coefficient (Wildman–Crippen LogP) is 4.88. The number of hydrogen-bond donors (Lipinski definition) is 1. The van der Waals surface area contributed by atoms with Gasteiger partial charge >= 0.3 is 0 Å². The lowest BCUT2D eigenvalue weighted by atomic mass is 9.45. The third-order valence-electron chi connectivity index (χ3n) is 9.58. The van der Waals surface area contributed by atoms with Crippen LogP contribution in [0.1, 0.15) is 71.6 Å². The highest BCUT2D eigenvalue weighted by Crippen LogP contribution is 2.66. The highest BCUT2D eigenvalue weighted by Gasteiger charge is 2.59. The van der Waals surface area contributed by atoms with Gasteiger partial charge in [0.1, 0.15) is 6.61 Å². The second kappa shape index (κ2) is 8.34. The number of nitrogens with zero attached hydrogens (tertiary/aromatic N) is 2. The van der Waals surface area contributed by atoms with E-state index < -0.39 is 0 Å². The molecule has 0 radical (unpaired) electrons. The van der Waals surface area contributed by atoms with E-state index in [9.17, 15) is 5.11 Å². The Morgan fingerprint density at radius 3 is 2.66 bits per heavy atom. The zero-order valence-corrected chi connectivity index (χ0v) is 19.1. The lowest BCUT2D eigenvalue weighted by Crippen LogP contribution is -2.53. The second-order valence-electron chi connectivity index (χ2n) is 11.2. The molecule has 0 aliphatic heterocycles. The molecule has 4 nitrogen and oxygen atoms in total. The Labute approximate surface area is 177 Å². The van der Waals surface area contributed by atoms with Gasteiger partial charge in [0.05, 0.1) is 12.3 Å². The van der Waals surface area contributed by atoms with Gasteiger partial charge in [-0.3, -0.25) is 0 Å². The fourth-order valence-corrected chi connectivity index (χ4v) is 7.69. The summed E-state index contributed by atoms with van der Waals surface area (Å²) >= 11 is 0. The van der Waals surface area contributed by atoms with Crippen molar-refractivity contribution in [3.63, 3.8) is 0 Å². The average Bonchev–Trinajstić information content (AvgIpc) is 2.99. The third-order valence-corrected chi connectivity index (χ3v) is 9.58.